The molecule has 3 N–H and O–H groups in total. The summed E-state index contributed by atoms with van der Waals surface area (Å²) < 4.78 is 39.5. The number of halogens is 1. The third kappa shape index (κ3) is 3.26. The van der Waals surface area contributed by atoms with E-state index in [1.807, 2.05) is 0 Å². The van der Waals surface area contributed by atoms with Crippen LogP contribution in [0.25, 0.3) is 0 Å². The largest absolute Gasteiger partial charge is 0.409 e. The molecule has 0 aliphatic rings. The summed E-state index contributed by atoms with van der Waals surface area (Å²) in [5, 5.41) is 11.3. The summed E-state index contributed by atoms with van der Waals surface area (Å²) in [7, 11) is -3.84. The molecule has 20 heavy (non-hydrogen) atoms. The van der Waals surface area contributed by atoms with E-state index >= 15 is 0 Å². The summed E-state index contributed by atoms with van der Waals surface area (Å²) in [5.41, 5.74) is 6.00. The summed E-state index contributed by atoms with van der Waals surface area (Å²) in [5.74, 6) is -0.703. The van der Waals surface area contributed by atoms with E-state index in [4.69, 9.17) is 10.9 Å². The van der Waals surface area contributed by atoms with Crippen LogP contribution < -0.4 is 5.73 Å². The van der Waals surface area contributed by atoms with Gasteiger partial charge in [0.05, 0.1) is 11.4 Å². The molecule has 112 valence electrons. The second-order valence-corrected chi connectivity index (χ2v) is 6.27. The van der Waals surface area contributed by atoms with Gasteiger partial charge < -0.3 is 10.9 Å². The zero-order valence-electron chi connectivity index (χ0n) is 11.6. The van der Waals surface area contributed by atoms with Gasteiger partial charge in [-0.15, -0.1) is 0 Å². The Balaban J connectivity index is 3.35. The molecule has 0 bridgehead atoms. The van der Waals surface area contributed by atoms with Crippen LogP contribution in [0.15, 0.2) is 22.2 Å². The predicted molar refractivity (Wildman–Crippen MR) is 73.7 cm³/mol. The smallest absolute Gasteiger partial charge is 0.244 e. The first-order chi connectivity index (χ1) is 9.23. The van der Waals surface area contributed by atoms with Gasteiger partial charge in [0, 0.05) is 6.54 Å². The van der Waals surface area contributed by atoms with Crippen molar-refractivity contribution in [1.82, 2.24) is 4.31 Å². The van der Waals surface area contributed by atoms with E-state index in [-0.39, 0.29) is 23.8 Å². The Hall–Kier alpha value is -1.67. The second-order valence-electron chi connectivity index (χ2n) is 4.39. The van der Waals surface area contributed by atoms with Gasteiger partial charge in [0.1, 0.15) is 5.82 Å². The molecule has 0 aromatic heterocycles. The van der Waals surface area contributed by atoms with Crippen LogP contribution in [0.3, 0.4) is 0 Å². The first-order valence-electron chi connectivity index (χ1n) is 5.97. The Morgan fingerprint density at radius 2 is 1.90 bits per heavy atom. The lowest BCUT2D eigenvalue weighted by Gasteiger charge is -2.22. The van der Waals surface area contributed by atoms with Crippen LogP contribution in [0.5, 0.6) is 0 Å². The molecule has 0 atom stereocenters. The molecular weight excluding hydrogens is 285 g/mol. The minimum atomic E-state index is -3.84. The number of benzene rings is 1. The molecule has 0 unspecified atom stereocenters. The molecule has 1 rings (SSSR count). The predicted octanol–water partition coefficient (Wildman–Crippen LogP) is 1.20. The minimum Gasteiger partial charge on any atom is -0.409 e. The average molecular weight is 303 g/mol. The van der Waals surface area contributed by atoms with Crippen molar-refractivity contribution in [3.05, 3.63) is 29.1 Å². The lowest BCUT2D eigenvalue weighted by atomic mass is 10.1. The van der Waals surface area contributed by atoms with Crippen LogP contribution in [0.4, 0.5) is 4.39 Å². The SMILES string of the molecule is CCN(CC(N)=NO)S(=O)(=O)c1c(C)cc(F)cc1C. The highest BCUT2D eigenvalue weighted by atomic mass is 32.2. The number of hydrogen-bond acceptors (Lipinski definition) is 4. The van der Waals surface area contributed by atoms with Crippen LogP contribution in [0.1, 0.15) is 18.1 Å². The number of aryl methyl sites for hydroxylation is 2. The number of oxime groups is 1. The lowest BCUT2D eigenvalue weighted by molar-refractivity contribution is 0.315. The number of nitrogens with two attached hydrogens (primary N) is 1. The molecular formula is C12H18FN3O3S. The summed E-state index contributed by atoms with van der Waals surface area (Å²) >= 11 is 0. The first kappa shape index (κ1) is 16.4. The molecule has 0 spiro atoms. The van der Waals surface area contributed by atoms with Crippen LogP contribution in [0.2, 0.25) is 0 Å². The van der Waals surface area contributed by atoms with Gasteiger partial charge in [0.15, 0.2) is 5.84 Å². The normalized spacial score (nSPS) is 12.9. The summed E-state index contributed by atoms with van der Waals surface area (Å²) in [4.78, 5) is 0.0477. The zero-order valence-corrected chi connectivity index (χ0v) is 12.4. The highest BCUT2D eigenvalue weighted by molar-refractivity contribution is 7.89. The second kappa shape index (κ2) is 6.19. The van der Waals surface area contributed by atoms with Crippen LogP contribution >= 0.6 is 0 Å². The zero-order chi connectivity index (χ0) is 15.5. The van der Waals surface area contributed by atoms with Gasteiger partial charge in [-0.1, -0.05) is 12.1 Å². The molecule has 0 fully saturated rings. The number of nitrogens with zero attached hydrogens (tertiary/aromatic N) is 2. The van der Waals surface area contributed by atoms with Gasteiger partial charge in [-0.3, -0.25) is 0 Å². The Kier molecular flexibility index (Phi) is 5.07. The Labute approximate surface area is 117 Å². The summed E-state index contributed by atoms with van der Waals surface area (Å²) in [6, 6.07) is 2.33. The number of hydrogen-bond donors (Lipinski definition) is 2. The molecule has 0 saturated heterocycles. The average Bonchev–Trinajstić information content (AvgIpc) is 2.33. The van der Waals surface area contributed by atoms with Gasteiger partial charge in [0.25, 0.3) is 0 Å². The van der Waals surface area contributed by atoms with Gasteiger partial charge in [0.2, 0.25) is 10.0 Å². The molecule has 0 amide bonds. The summed E-state index contributed by atoms with van der Waals surface area (Å²) in [6.45, 7) is 4.61. The molecule has 6 nitrogen and oxygen atoms in total. The minimum absolute atomic E-state index is 0.0477. The van der Waals surface area contributed by atoms with Gasteiger partial charge in [-0.05, 0) is 37.1 Å². The monoisotopic (exact) mass is 303 g/mol. The van der Waals surface area contributed by atoms with E-state index < -0.39 is 15.8 Å². The number of sulfonamides is 1. The van der Waals surface area contributed by atoms with Crippen LogP contribution in [-0.4, -0.2) is 36.9 Å². The maximum atomic E-state index is 13.3. The fourth-order valence-corrected chi connectivity index (χ4v) is 3.84. The Bertz CT molecular complexity index is 606. The highest BCUT2D eigenvalue weighted by Gasteiger charge is 2.27. The molecule has 1 aromatic rings. The van der Waals surface area contributed by atoms with Crippen molar-refractivity contribution in [3.63, 3.8) is 0 Å². The maximum Gasteiger partial charge on any atom is 0.244 e. The van der Waals surface area contributed by atoms with Gasteiger partial charge in [-0.25, -0.2) is 12.8 Å². The summed E-state index contributed by atoms with van der Waals surface area (Å²) in [6.07, 6.45) is 0. The van der Waals surface area contributed by atoms with Gasteiger partial charge >= 0.3 is 0 Å². The first-order valence-corrected chi connectivity index (χ1v) is 7.41. The van der Waals surface area contributed by atoms with Crippen LogP contribution in [-0.2, 0) is 10.0 Å². The van der Waals surface area contributed by atoms with E-state index in [0.29, 0.717) is 11.1 Å². The van der Waals surface area contributed by atoms with E-state index in [1.54, 1.807) is 6.92 Å². The lowest BCUT2D eigenvalue weighted by Crippen LogP contribution is -2.39. The molecule has 1 aromatic carbocycles. The molecule has 0 radical (unpaired) electrons. The Morgan fingerprint density at radius 1 is 1.40 bits per heavy atom. The van der Waals surface area contributed by atoms with Crippen LogP contribution in [0, 0.1) is 19.7 Å². The molecule has 0 aliphatic heterocycles. The fraction of sp³-hybridized carbons (Fsp3) is 0.417. The van der Waals surface area contributed by atoms with Crippen molar-refractivity contribution in [3.8, 4) is 0 Å². The third-order valence-electron chi connectivity index (χ3n) is 2.84. The van der Waals surface area contributed by atoms with Crippen molar-refractivity contribution in [2.45, 2.75) is 25.7 Å². The van der Waals surface area contributed by atoms with E-state index in [2.05, 4.69) is 5.16 Å². The van der Waals surface area contributed by atoms with Gasteiger partial charge in [-0.2, -0.15) is 4.31 Å². The maximum absolute atomic E-state index is 13.3. The Morgan fingerprint density at radius 3 is 2.30 bits per heavy atom. The fourth-order valence-electron chi connectivity index (χ4n) is 2.01. The van der Waals surface area contributed by atoms with Crippen molar-refractivity contribution in [2.24, 2.45) is 10.9 Å². The number of amidine groups is 1. The van der Waals surface area contributed by atoms with Crippen molar-refractivity contribution in [2.75, 3.05) is 13.1 Å². The number of rotatable bonds is 5. The molecule has 8 heteroatoms. The van der Waals surface area contributed by atoms with E-state index in [1.165, 1.54) is 13.8 Å². The van der Waals surface area contributed by atoms with Crippen molar-refractivity contribution < 1.29 is 18.0 Å². The standard InChI is InChI=1S/C12H18FN3O3S/c1-4-16(7-11(14)15-17)20(18,19)12-8(2)5-10(13)6-9(12)3/h5-6,17H,4,7H2,1-3H3,(H2,14,15). The highest BCUT2D eigenvalue weighted by Crippen LogP contribution is 2.24. The third-order valence-corrected chi connectivity index (χ3v) is 5.07. The topological polar surface area (TPSA) is 96.0 Å². The van der Waals surface area contributed by atoms with E-state index in [9.17, 15) is 12.8 Å². The molecule has 0 aliphatic carbocycles. The quantitative estimate of drug-likeness (QED) is 0.370. The van der Waals surface area contributed by atoms with Crippen molar-refractivity contribution in [1.29, 1.82) is 0 Å². The molecule has 0 saturated carbocycles. The van der Waals surface area contributed by atoms with Crippen molar-refractivity contribution >= 4 is 15.9 Å². The number of likely N-dealkylation sites (N-methyl/N-ethyl adjacent to an activating group) is 1. The molecule has 0 heterocycles. The van der Waals surface area contributed by atoms with E-state index in [0.717, 1.165) is 16.4 Å².